The van der Waals surface area contributed by atoms with Crippen molar-refractivity contribution in [3.8, 4) is 17.1 Å². The highest BCUT2D eigenvalue weighted by atomic mass is 32.2. The van der Waals surface area contributed by atoms with E-state index < -0.39 is 10.0 Å². The van der Waals surface area contributed by atoms with Gasteiger partial charge in [-0.2, -0.15) is 0 Å². The fraction of sp³-hybridized carbons (Fsp3) is 0.391. The molecule has 0 saturated heterocycles. The maximum Gasteiger partial charge on any atom is 0.242 e. The van der Waals surface area contributed by atoms with Crippen LogP contribution in [-0.2, 0) is 14.8 Å². The highest BCUT2D eigenvalue weighted by Crippen LogP contribution is 2.32. The predicted molar refractivity (Wildman–Crippen MR) is 129 cm³/mol. The van der Waals surface area contributed by atoms with Gasteiger partial charge in [-0.1, -0.05) is 42.1 Å². The SMILES string of the molecule is Cc1cccc(C)c1-n1c(SCCOC(C)C)nnc1-c1cccc(S(=O)(=O)N(C)C)c1. The number of para-hydroxylation sites is 1. The highest BCUT2D eigenvalue weighted by Gasteiger charge is 2.22. The molecule has 3 rings (SSSR count). The van der Waals surface area contributed by atoms with Crippen molar-refractivity contribution in [1.29, 1.82) is 0 Å². The molecule has 0 atom stereocenters. The molecule has 2 aromatic carbocycles. The summed E-state index contributed by atoms with van der Waals surface area (Å²) in [6.07, 6.45) is 0.170. The maximum absolute atomic E-state index is 12.7. The van der Waals surface area contributed by atoms with Gasteiger partial charge in [-0.25, -0.2) is 12.7 Å². The van der Waals surface area contributed by atoms with Gasteiger partial charge in [0.05, 0.1) is 23.3 Å². The molecule has 0 bridgehead atoms. The first-order valence-electron chi connectivity index (χ1n) is 10.4. The zero-order valence-electron chi connectivity index (χ0n) is 19.4. The second kappa shape index (κ2) is 10.2. The van der Waals surface area contributed by atoms with Crippen LogP contribution in [0, 0.1) is 13.8 Å². The maximum atomic E-state index is 12.7. The van der Waals surface area contributed by atoms with E-state index in [0.717, 1.165) is 27.7 Å². The van der Waals surface area contributed by atoms with Gasteiger partial charge in [0.1, 0.15) is 0 Å². The van der Waals surface area contributed by atoms with Gasteiger partial charge in [0.2, 0.25) is 10.0 Å². The Morgan fingerprint density at radius 1 is 1.06 bits per heavy atom. The van der Waals surface area contributed by atoms with Crippen LogP contribution in [0.2, 0.25) is 0 Å². The summed E-state index contributed by atoms with van der Waals surface area (Å²) >= 11 is 1.57. The number of aryl methyl sites for hydroxylation is 2. The molecule has 0 aliphatic rings. The molecule has 0 aliphatic carbocycles. The van der Waals surface area contributed by atoms with Crippen LogP contribution in [0.5, 0.6) is 0 Å². The van der Waals surface area contributed by atoms with Crippen LogP contribution >= 0.6 is 11.8 Å². The van der Waals surface area contributed by atoms with E-state index in [0.29, 0.717) is 18.0 Å². The second-order valence-electron chi connectivity index (χ2n) is 7.97. The molecule has 3 aromatic rings. The van der Waals surface area contributed by atoms with E-state index in [1.54, 1.807) is 30.0 Å². The van der Waals surface area contributed by atoms with Crippen LogP contribution in [0.3, 0.4) is 0 Å². The van der Waals surface area contributed by atoms with E-state index in [2.05, 4.69) is 36.2 Å². The molecule has 1 aromatic heterocycles. The van der Waals surface area contributed by atoms with Gasteiger partial charge >= 0.3 is 0 Å². The van der Waals surface area contributed by atoms with Crippen LogP contribution < -0.4 is 0 Å². The van der Waals surface area contributed by atoms with Gasteiger partial charge in [-0.05, 0) is 51.0 Å². The molecule has 0 amide bonds. The Kier molecular flexibility index (Phi) is 7.76. The summed E-state index contributed by atoms with van der Waals surface area (Å²) < 4.78 is 34.3. The summed E-state index contributed by atoms with van der Waals surface area (Å²) in [5, 5.41) is 9.67. The van der Waals surface area contributed by atoms with Crippen molar-refractivity contribution in [3.63, 3.8) is 0 Å². The first-order chi connectivity index (χ1) is 15.1. The summed E-state index contributed by atoms with van der Waals surface area (Å²) in [7, 11) is -0.520. The van der Waals surface area contributed by atoms with E-state index >= 15 is 0 Å². The molecule has 0 unspecified atom stereocenters. The van der Waals surface area contributed by atoms with Crippen LogP contribution in [0.4, 0.5) is 0 Å². The summed E-state index contributed by atoms with van der Waals surface area (Å²) in [4.78, 5) is 0.218. The van der Waals surface area contributed by atoms with Gasteiger partial charge in [0, 0.05) is 25.4 Å². The Bertz CT molecular complexity index is 1170. The molecule has 0 radical (unpaired) electrons. The highest BCUT2D eigenvalue weighted by molar-refractivity contribution is 7.99. The van der Waals surface area contributed by atoms with Crippen LogP contribution in [0.25, 0.3) is 17.1 Å². The number of nitrogens with zero attached hydrogens (tertiary/aromatic N) is 4. The lowest BCUT2D eigenvalue weighted by atomic mass is 10.1. The Morgan fingerprint density at radius 3 is 2.34 bits per heavy atom. The Balaban J connectivity index is 2.11. The number of hydrogen-bond acceptors (Lipinski definition) is 6. The van der Waals surface area contributed by atoms with E-state index in [-0.39, 0.29) is 11.0 Å². The molecular formula is C23H30N4O3S2. The largest absolute Gasteiger partial charge is 0.378 e. The molecular weight excluding hydrogens is 444 g/mol. The molecule has 0 aliphatic heterocycles. The number of sulfonamides is 1. The van der Waals surface area contributed by atoms with E-state index in [9.17, 15) is 8.42 Å². The first-order valence-corrected chi connectivity index (χ1v) is 12.8. The van der Waals surface area contributed by atoms with Crippen molar-refractivity contribution in [2.75, 3.05) is 26.5 Å². The minimum Gasteiger partial charge on any atom is -0.378 e. The number of aromatic nitrogens is 3. The quantitative estimate of drug-likeness (QED) is 0.340. The van der Waals surface area contributed by atoms with Crippen LogP contribution in [0.1, 0.15) is 25.0 Å². The van der Waals surface area contributed by atoms with E-state index in [1.807, 2.05) is 30.5 Å². The standard InChI is InChI=1S/C23H30N4O3S2/c1-16(2)30-13-14-31-23-25-24-22(27(23)21-17(3)9-7-10-18(21)4)19-11-8-12-20(15-19)32(28,29)26(5)6/h7-12,15-16H,13-14H2,1-6H3. The molecule has 9 heteroatoms. The van der Waals surface area contributed by atoms with Crippen molar-refractivity contribution in [2.45, 2.75) is 43.9 Å². The number of rotatable bonds is 9. The zero-order valence-corrected chi connectivity index (χ0v) is 21.0. The topological polar surface area (TPSA) is 77.3 Å². The molecule has 172 valence electrons. The minimum absolute atomic E-state index is 0.170. The van der Waals surface area contributed by atoms with E-state index in [4.69, 9.17) is 4.74 Å². The molecule has 0 fully saturated rings. The van der Waals surface area contributed by atoms with Crippen LogP contribution in [-0.4, -0.2) is 60.0 Å². The zero-order chi connectivity index (χ0) is 23.5. The Labute approximate surface area is 194 Å². The fourth-order valence-electron chi connectivity index (χ4n) is 3.33. The number of hydrogen-bond donors (Lipinski definition) is 0. The lowest BCUT2D eigenvalue weighted by Gasteiger charge is -2.16. The van der Waals surface area contributed by atoms with Gasteiger partial charge in [0.15, 0.2) is 11.0 Å². The number of ether oxygens (including phenoxy) is 1. The fourth-order valence-corrected chi connectivity index (χ4v) is 5.05. The van der Waals surface area contributed by atoms with Gasteiger partial charge in [-0.15, -0.1) is 10.2 Å². The molecule has 32 heavy (non-hydrogen) atoms. The summed E-state index contributed by atoms with van der Waals surface area (Å²) in [6, 6.07) is 13.0. The van der Waals surface area contributed by atoms with Crippen molar-refractivity contribution in [1.82, 2.24) is 19.1 Å². The lowest BCUT2D eigenvalue weighted by Crippen LogP contribution is -2.22. The van der Waals surface area contributed by atoms with Crippen molar-refractivity contribution in [2.24, 2.45) is 0 Å². The molecule has 0 spiro atoms. The molecule has 1 heterocycles. The smallest absolute Gasteiger partial charge is 0.242 e. The predicted octanol–water partition coefficient (Wildman–Crippen LogP) is 4.32. The average Bonchev–Trinajstić information content (AvgIpc) is 3.14. The van der Waals surface area contributed by atoms with Gasteiger partial charge in [0.25, 0.3) is 0 Å². The monoisotopic (exact) mass is 474 g/mol. The third-order valence-corrected chi connectivity index (χ3v) is 7.64. The minimum atomic E-state index is -3.57. The first kappa shape index (κ1) is 24.4. The lowest BCUT2D eigenvalue weighted by molar-refractivity contribution is 0.0920. The Hall–Kier alpha value is -2.20. The van der Waals surface area contributed by atoms with Crippen molar-refractivity contribution >= 4 is 21.8 Å². The van der Waals surface area contributed by atoms with E-state index in [1.165, 1.54) is 18.4 Å². The summed E-state index contributed by atoms with van der Waals surface area (Å²) in [5.74, 6) is 1.33. The summed E-state index contributed by atoms with van der Waals surface area (Å²) in [6.45, 7) is 8.73. The third kappa shape index (κ3) is 5.23. The third-order valence-electron chi connectivity index (χ3n) is 4.93. The Morgan fingerprint density at radius 2 is 1.72 bits per heavy atom. The number of benzene rings is 2. The molecule has 0 N–H and O–H groups in total. The van der Waals surface area contributed by atoms with Crippen molar-refractivity contribution < 1.29 is 13.2 Å². The normalized spacial score (nSPS) is 12.1. The average molecular weight is 475 g/mol. The number of thioether (sulfide) groups is 1. The van der Waals surface area contributed by atoms with Gasteiger partial charge in [-0.3, -0.25) is 4.57 Å². The summed E-state index contributed by atoms with van der Waals surface area (Å²) in [5.41, 5.74) is 3.86. The van der Waals surface area contributed by atoms with Crippen molar-refractivity contribution in [3.05, 3.63) is 53.6 Å². The molecule has 0 saturated carbocycles. The van der Waals surface area contributed by atoms with Gasteiger partial charge < -0.3 is 4.74 Å². The second-order valence-corrected chi connectivity index (χ2v) is 11.2. The molecule has 7 nitrogen and oxygen atoms in total. The van der Waals surface area contributed by atoms with Crippen LogP contribution in [0.15, 0.2) is 52.5 Å².